The lowest BCUT2D eigenvalue weighted by Gasteiger charge is -2.21. The Hall–Kier alpha value is -1.13. The van der Waals surface area contributed by atoms with E-state index in [4.69, 9.17) is 0 Å². The fourth-order valence-corrected chi connectivity index (χ4v) is 3.60. The van der Waals surface area contributed by atoms with Gasteiger partial charge in [-0.05, 0) is 38.3 Å². The summed E-state index contributed by atoms with van der Waals surface area (Å²) in [4.78, 5) is 0.322. The summed E-state index contributed by atoms with van der Waals surface area (Å²) in [7, 11) is -3.49. The molecule has 1 aromatic carbocycles. The maximum atomic E-state index is 12.5. The highest BCUT2D eigenvalue weighted by molar-refractivity contribution is 7.89. The SMILES string of the molecule is C=C(CCCC)C(CCCC)NS(=O)(=O)c1ccc(C)cc1. The van der Waals surface area contributed by atoms with Crippen molar-refractivity contribution in [1.82, 2.24) is 4.72 Å². The molecule has 0 heterocycles. The van der Waals surface area contributed by atoms with Crippen molar-refractivity contribution in [1.29, 1.82) is 0 Å². The lowest BCUT2D eigenvalue weighted by Crippen LogP contribution is -2.36. The van der Waals surface area contributed by atoms with Gasteiger partial charge in [0.15, 0.2) is 0 Å². The monoisotopic (exact) mass is 323 g/mol. The summed E-state index contributed by atoms with van der Waals surface area (Å²) < 4.78 is 27.9. The first-order valence-electron chi connectivity index (χ1n) is 8.17. The topological polar surface area (TPSA) is 46.2 Å². The first kappa shape index (κ1) is 18.9. The molecule has 0 aliphatic heterocycles. The molecule has 0 aliphatic rings. The molecular weight excluding hydrogens is 294 g/mol. The first-order chi connectivity index (χ1) is 10.4. The summed E-state index contributed by atoms with van der Waals surface area (Å²) in [5.74, 6) is 0. The van der Waals surface area contributed by atoms with Crippen molar-refractivity contribution >= 4 is 10.0 Å². The van der Waals surface area contributed by atoms with Gasteiger partial charge in [0.2, 0.25) is 10.0 Å². The van der Waals surface area contributed by atoms with Gasteiger partial charge in [-0.25, -0.2) is 13.1 Å². The van der Waals surface area contributed by atoms with Gasteiger partial charge in [-0.3, -0.25) is 0 Å². The second-order valence-electron chi connectivity index (χ2n) is 5.89. The lowest BCUT2D eigenvalue weighted by molar-refractivity contribution is 0.534. The molecule has 0 saturated heterocycles. The predicted molar refractivity (Wildman–Crippen MR) is 93.5 cm³/mol. The van der Waals surface area contributed by atoms with Gasteiger partial charge in [0.1, 0.15) is 0 Å². The zero-order valence-corrected chi connectivity index (χ0v) is 14.9. The number of nitrogens with one attached hydrogen (secondary N) is 1. The van der Waals surface area contributed by atoms with Gasteiger partial charge in [-0.2, -0.15) is 0 Å². The van der Waals surface area contributed by atoms with E-state index < -0.39 is 10.0 Å². The Morgan fingerprint density at radius 3 is 2.27 bits per heavy atom. The fourth-order valence-electron chi connectivity index (χ4n) is 2.31. The zero-order valence-electron chi connectivity index (χ0n) is 14.1. The fraction of sp³-hybridized carbons (Fsp3) is 0.556. The maximum absolute atomic E-state index is 12.5. The van der Waals surface area contributed by atoms with Crippen LogP contribution in [0.1, 0.15) is 57.9 Å². The van der Waals surface area contributed by atoms with Crippen molar-refractivity contribution in [3.05, 3.63) is 42.0 Å². The molecule has 0 saturated carbocycles. The Balaban J connectivity index is 2.86. The molecule has 0 amide bonds. The number of rotatable bonds is 10. The van der Waals surface area contributed by atoms with Gasteiger partial charge in [-0.15, -0.1) is 0 Å². The molecule has 124 valence electrons. The van der Waals surface area contributed by atoms with Gasteiger partial charge in [0.25, 0.3) is 0 Å². The van der Waals surface area contributed by atoms with E-state index in [2.05, 4.69) is 25.1 Å². The summed E-state index contributed by atoms with van der Waals surface area (Å²) in [5.41, 5.74) is 2.04. The number of hydrogen-bond donors (Lipinski definition) is 1. The van der Waals surface area contributed by atoms with E-state index in [0.717, 1.165) is 49.7 Å². The largest absolute Gasteiger partial charge is 0.241 e. The van der Waals surface area contributed by atoms with Crippen molar-refractivity contribution in [3.63, 3.8) is 0 Å². The van der Waals surface area contributed by atoms with E-state index >= 15 is 0 Å². The standard InChI is InChI=1S/C18H29NO2S/c1-5-7-9-16(4)18(10-8-6-2)19-22(20,21)17-13-11-15(3)12-14-17/h11-14,18-19H,4-10H2,1-3H3. The average molecular weight is 324 g/mol. The Kier molecular flexibility index (Phi) is 7.83. The molecule has 0 bridgehead atoms. The second kappa shape index (κ2) is 9.11. The zero-order chi connectivity index (χ0) is 16.6. The highest BCUT2D eigenvalue weighted by atomic mass is 32.2. The van der Waals surface area contributed by atoms with Crippen LogP contribution in [0, 0.1) is 6.92 Å². The number of benzene rings is 1. The van der Waals surface area contributed by atoms with Crippen LogP contribution in [0.2, 0.25) is 0 Å². The summed E-state index contributed by atoms with van der Waals surface area (Å²) in [6, 6.07) is 6.79. The van der Waals surface area contributed by atoms with Gasteiger partial charge in [-0.1, -0.05) is 63.0 Å². The van der Waals surface area contributed by atoms with Crippen LogP contribution in [-0.2, 0) is 10.0 Å². The van der Waals surface area contributed by atoms with Gasteiger partial charge >= 0.3 is 0 Å². The minimum Gasteiger partial charge on any atom is -0.207 e. The van der Waals surface area contributed by atoms with Crippen molar-refractivity contribution < 1.29 is 8.42 Å². The van der Waals surface area contributed by atoms with E-state index in [1.165, 1.54) is 0 Å². The molecule has 1 N–H and O–H groups in total. The average Bonchev–Trinajstić information content (AvgIpc) is 2.49. The summed E-state index contributed by atoms with van der Waals surface area (Å²) in [6.07, 6.45) is 5.86. The summed E-state index contributed by atoms with van der Waals surface area (Å²) in [6.45, 7) is 10.3. The smallest absolute Gasteiger partial charge is 0.207 e. The molecule has 0 aliphatic carbocycles. The normalized spacial score (nSPS) is 13.0. The predicted octanol–water partition coefficient (Wildman–Crippen LogP) is 4.58. The molecule has 3 nitrogen and oxygen atoms in total. The van der Waals surface area contributed by atoms with Crippen LogP contribution in [0.3, 0.4) is 0 Å². The number of unbranched alkanes of at least 4 members (excludes halogenated alkanes) is 2. The maximum Gasteiger partial charge on any atom is 0.241 e. The number of sulfonamides is 1. The Morgan fingerprint density at radius 1 is 1.14 bits per heavy atom. The van der Waals surface area contributed by atoms with E-state index in [1.807, 2.05) is 19.1 Å². The molecule has 1 rings (SSSR count). The second-order valence-corrected chi connectivity index (χ2v) is 7.60. The molecule has 0 radical (unpaired) electrons. The molecule has 1 unspecified atom stereocenters. The third-order valence-corrected chi connectivity index (χ3v) is 5.31. The van der Waals surface area contributed by atoms with E-state index in [9.17, 15) is 8.42 Å². The molecule has 0 spiro atoms. The van der Waals surface area contributed by atoms with Gasteiger partial charge in [0, 0.05) is 6.04 Å². The quantitative estimate of drug-likeness (QED) is 0.641. The summed E-state index contributed by atoms with van der Waals surface area (Å²) >= 11 is 0. The van der Waals surface area contributed by atoms with Crippen LogP contribution >= 0.6 is 0 Å². The molecule has 1 aromatic rings. The molecule has 1 atom stereocenters. The minimum absolute atomic E-state index is 0.169. The molecule has 4 heteroatoms. The van der Waals surface area contributed by atoms with Crippen LogP contribution in [0.25, 0.3) is 0 Å². The van der Waals surface area contributed by atoms with Gasteiger partial charge < -0.3 is 0 Å². The Bertz CT molecular complexity index is 561. The number of hydrogen-bond acceptors (Lipinski definition) is 2. The van der Waals surface area contributed by atoms with E-state index in [0.29, 0.717) is 4.90 Å². The van der Waals surface area contributed by atoms with Crippen LogP contribution < -0.4 is 4.72 Å². The highest BCUT2D eigenvalue weighted by Crippen LogP contribution is 2.18. The van der Waals surface area contributed by atoms with E-state index in [-0.39, 0.29) is 6.04 Å². The third-order valence-electron chi connectivity index (χ3n) is 3.82. The molecule has 0 aromatic heterocycles. The molecule has 0 fully saturated rings. The van der Waals surface area contributed by atoms with Gasteiger partial charge in [0.05, 0.1) is 4.90 Å². The van der Waals surface area contributed by atoms with Crippen LogP contribution in [0.4, 0.5) is 0 Å². The summed E-state index contributed by atoms with van der Waals surface area (Å²) in [5, 5.41) is 0. The van der Waals surface area contributed by atoms with Crippen LogP contribution in [-0.4, -0.2) is 14.5 Å². The molecular formula is C18H29NO2S. The first-order valence-corrected chi connectivity index (χ1v) is 9.65. The van der Waals surface area contributed by atoms with Crippen molar-refractivity contribution in [2.45, 2.75) is 70.2 Å². The van der Waals surface area contributed by atoms with E-state index in [1.54, 1.807) is 12.1 Å². The minimum atomic E-state index is -3.49. The molecule has 22 heavy (non-hydrogen) atoms. The highest BCUT2D eigenvalue weighted by Gasteiger charge is 2.21. The van der Waals surface area contributed by atoms with Crippen molar-refractivity contribution in [2.24, 2.45) is 0 Å². The Labute approximate surface area is 135 Å². The van der Waals surface area contributed by atoms with Crippen molar-refractivity contribution in [3.8, 4) is 0 Å². The van der Waals surface area contributed by atoms with Crippen LogP contribution in [0.5, 0.6) is 0 Å². The third kappa shape index (κ3) is 5.93. The number of aryl methyl sites for hydroxylation is 1. The van der Waals surface area contributed by atoms with Crippen LogP contribution in [0.15, 0.2) is 41.3 Å². The van der Waals surface area contributed by atoms with Crippen molar-refractivity contribution in [2.75, 3.05) is 0 Å². The lowest BCUT2D eigenvalue weighted by atomic mass is 9.99. The Morgan fingerprint density at radius 2 is 1.73 bits per heavy atom.